The Morgan fingerprint density at radius 2 is 1.96 bits per heavy atom. The summed E-state index contributed by atoms with van der Waals surface area (Å²) in [6.07, 6.45) is 1.69. The highest BCUT2D eigenvalue weighted by Gasteiger charge is 2.12. The molecule has 0 fully saturated rings. The zero-order valence-corrected chi connectivity index (χ0v) is 17.7. The number of halogens is 2. The third-order valence-corrected chi connectivity index (χ3v) is 5.42. The van der Waals surface area contributed by atoms with Gasteiger partial charge in [0.25, 0.3) is 0 Å². The maximum absolute atomic E-state index is 6.34. The van der Waals surface area contributed by atoms with Crippen molar-refractivity contribution in [2.75, 3.05) is 0 Å². The summed E-state index contributed by atoms with van der Waals surface area (Å²) >= 11 is 13.9. The third kappa shape index (κ3) is 4.83. The minimum atomic E-state index is 0.337. The molecule has 0 aliphatic heterocycles. The van der Waals surface area contributed by atoms with Crippen molar-refractivity contribution in [1.29, 1.82) is 0 Å². The molecule has 0 radical (unpaired) electrons. The fourth-order valence-electron chi connectivity index (χ4n) is 2.27. The van der Waals surface area contributed by atoms with Crippen LogP contribution in [0.15, 0.2) is 30.3 Å². The average molecular weight is 475 g/mol. The molecule has 0 heterocycles. The van der Waals surface area contributed by atoms with Crippen molar-refractivity contribution in [2.45, 2.75) is 40.2 Å². The lowest BCUT2D eigenvalue weighted by atomic mass is 10.1. The number of hydrogen-bond acceptors (Lipinski definition) is 3. The highest BCUT2D eigenvalue weighted by Crippen LogP contribution is 2.30. The van der Waals surface area contributed by atoms with Crippen LogP contribution in [-0.2, 0) is 13.0 Å². The molecular formula is C19H20ClIO2S. The molecule has 0 atom stereocenters. The molecule has 0 aliphatic rings. The Labute approximate surface area is 167 Å². The van der Waals surface area contributed by atoms with Gasteiger partial charge in [-0.15, -0.1) is 0 Å². The first-order chi connectivity index (χ1) is 11.5. The summed E-state index contributed by atoms with van der Waals surface area (Å²) in [6.45, 7) is 6.51. The molecule has 0 aromatic heterocycles. The summed E-state index contributed by atoms with van der Waals surface area (Å²) in [5.41, 5.74) is 3.25. The van der Waals surface area contributed by atoms with Gasteiger partial charge < -0.3 is 9.47 Å². The van der Waals surface area contributed by atoms with Gasteiger partial charge in [0.05, 0.1) is 10.6 Å². The fourth-order valence-corrected chi connectivity index (χ4v) is 3.40. The Hall–Kier alpha value is -0.850. The van der Waals surface area contributed by atoms with Crippen LogP contribution in [0.5, 0.6) is 11.5 Å². The minimum Gasteiger partial charge on any atom is -0.488 e. The maximum atomic E-state index is 6.34. The summed E-state index contributed by atoms with van der Waals surface area (Å²) in [5, 5.41) is 1.15. The highest BCUT2D eigenvalue weighted by atomic mass is 127. The van der Waals surface area contributed by atoms with Crippen molar-refractivity contribution in [3.8, 4) is 11.5 Å². The van der Waals surface area contributed by atoms with Crippen molar-refractivity contribution in [3.05, 3.63) is 55.6 Å². The molecule has 128 valence electrons. The minimum absolute atomic E-state index is 0.337. The van der Waals surface area contributed by atoms with E-state index in [-0.39, 0.29) is 0 Å². The van der Waals surface area contributed by atoms with E-state index in [0.29, 0.717) is 28.9 Å². The Kier molecular flexibility index (Phi) is 7.32. The number of aryl methyl sites for hydroxylation is 2. The Morgan fingerprint density at radius 1 is 1.21 bits per heavy atom. The lowest BCUT2D eigenvalue weighted by Gasteiger charge is -2.15. The van der Waals surface area contributed by atoms with Crippen LogP contribution in [0.2, 0.25) is 5.02 Å². The SMILES string of the molecule is CCC(=S)Oc1cccc(Cl)c1COc1cc(I)c(CC)cc1C. The number of hydrogen-bond donors (Lipinski definition) is 0. The van der Waals surface area contributed by atoms with Crippen molar-refractivity contribution in [2.24, 2.45) is 0 Å². The van der Waals surface area contributed by atoms with E-state index < -0.39 is 0 Å². The molecule has 0 saturated heterocycles. The van der Waals surface area contributed by atoms with E-state index in [1.54, 1.807) is 0 Å². The molecule has 0 N–H and O–H groups in total. The number of benzene rings is 2. The first-order valence-electron chi connectivity index (χ1n) is 7.86. The van der Waals surface area contributed by atoms with Crippen LogP contribution in [0.4, 0.5) is 0 Å². The second kappa shape index (κ2) is 9.02. The van der Waals surface area contributed by atoms with E-state index >= 15 is 0 Å². The van der Waals surface area contributed by atoms with E-state index in [2.05, 4.69) is 48.6 Å². The molecule has 2 aromatic carbocycles. The molecule has 0 amide bonds. The van der Waals surface area contributed by atoms with Gasteiger partial charge in [0.2, 0.25) is 0 Å². The number of thiocarbonyl (C=S) groups is 1. The fraction of sp³-hybridized carbons (Fsp3) is 0.316. The summed E-state index contributed by atoms with van der Waals surface area (Å²) in [5.74, 6) is 1.52. The first-order valence-corrected chi connectivity index (χ1v) is 9.72. The van der Waals surface area contributed by atoms with Crippen molar-refractivity contribution < 1.29 is 9.47 Å². The van der Waals surface area contributed by atoms with Gasteiger partial charge in [0.1, 0.15) is 18.1 Å². The average Bonchev–Trinajstić information content (AvgIpc) is 2.56. The maximum Gasteiger partial charge on any atom is 0.167 e. The van der Waals surface area contributed by atoms with Crippen LogP contribution < -0.4 is 9.47 Å². The van der Waals surface area contributed by atoms with E-state index in [9.17, 15) is 0 Å². The highest BCUT2D eigenvalue weighted by molar-refractivity contribution is 14.1. The zero-order chi connectivity index (χ0) is 17.7. The van der Waals surface area contributed by atoms with Gasteiger partial charge >= 0.3 is 0 Å². The molecule has 0 unspecified atom stereocenters. The largest absolute Gasteiger partial charge is 0.488 e. The van der Waals surface area contributed by atoms with Crippen molar-refractivity contribution >= 4 is 51.5 Å². The van der Waals surface area contributed by atoms with Gasteiger partial charge in [-0.2, -0.15) is 0 Å². The molecule has 0 spiro atoms. The van der Waals surface area contributed by atoms with Gasteiger partial charge in [0, 0.05) is 9.99 Å². The van der Waals surface area contributed by atoms with Crippen LogP contribution in [0.25, 0.3) is 0 Å². The smallest absolute Gasteiger partial charge is 0.167 e. The van der Waals surface area contributed by atoms with Crippen LogP contribution in [0, 0.1) is 10.5 Å². The molecule has 0 saturated carbocycles. The predicted octanol–water partition coefficient (Wildman–Crippen LogP) is 6.51. The standard InChI is InChI=1S/C19H20ClIO2S/c1-4-13-9-12(3)18(10-16(13)21)22-11-14-15(20)7-6-8-17(14)23-19(24)5-2/h6-10H,4-5,11H2,1-3H3. The van der Waals surface area contributed by atoms with E-state index in [1.807, 2.05) is 25.1 Å². The normalized spacial score (nSPS) is 10.5. The summed E-state index contributed by atoms with van der Waals surface area (Å²) < 4.78 is 13.0. The van der Waals surface area contributed by atoms with Gasteiger partial charge in [-0.05, 0) is 77.5 Å². The molecule has 0 bridgehead atoms. The molecule has 2 aromatic rings. The van der Waals surface area contributed by atoms with E-state index in [0.717, 1.165) is 23.3 Å². The molecular weight excluding hydrogens is 455 g/mol. The monoisotopic (exact) mass is 474 g/mol. The lowest BCUT2D eigenvalue weighted by Crippen LogP contribution is -2.07. The van der Waals surface area contributed by atoms with Crippen molar-refractivity contribution in [3.63, 3.8) is 0 Å². The van der Waals surface area contributed by atoms with E-state index in [1.165, 1.54) is 9.13 Å². The summed E-state index contributed by atoms with van der Waals surface area (Å²) in [6, 6.07) is 9.79. The summed E-state index contributed by atoms with van der Waals surface area (Å²) in [4.78, 5) is 0. The van der Waals surface area contributed by atoms with Gasteiger partial charge in [-0.25, -0.2) is 0 Å². The Balaban J connectivity index is 2.23. The van der Waals surface area contributed by atoms with Gasteiger partial charge in [-0.1, -0.05) is 37.6 Å². The first kappa shape index (κ1) is 19.5. The van der Waals surface area contributed by atoms with Crippen molar-refractivity contribution in [1.82, 2.24) is 0 Å². The van der Waals surface area contributed by atoms with Crippen LogP contribution >= 0.6 is 46.4 Å². The number of rotatable bonds is 6. The third-order valence-electron chi connectivity index (χ3n) is 3.69. The zero-order valence-electron chi connectivity index (χ0n) is 14.0. The second-order valence-electron chi connectivity index (χ2n) is 5.40. The molecule has 2 rings (SSSR count). The quantitative estimate of drug-likeness (QED) is 0.351. The molecule has 2 nitrogen and oxygen atoms in total. The van der Waals surface area contributed by atoms with Crippen LogP contribution in [0.3, 0.4) is 0 Å². The molecule has 24 heavy (non-hydrogen) atoms. The van der Waals surface area contributed by atoms with Gasteiger partial charge in [0.15, 0.2) is 5.05 Å². The lowest BCUT2D eigenvalue weighted by molar-refractivity contribution is 0.299. The van der Waals surface area contributed by atoms with E-state index in [4.69, 9.17) is 33.3 Å². The predicted molar refractivity (Wildman–Crippen MR) is 113 cm³/mol. The molecule has 5 heteroatoms. The van der Waals surface area contributed by atoms with Crippen LogP contribution in [-0.4, -0.2) is 5.05 Å². The Bertz CT molecular complexity index is 746. The van der Waals surface area contributed by atoms with Crippen LogP contribution in [0.1, 0.15) is 37.0 Å². The second-order valence-corrected chi connectivity index (χ2v) is 7.42. The topological polar surface area (TPSA) is 18.5 Å². The molecule has 0 aliphatic carbocycles. The Morgan fingerprint density at radius 3 is 2.62 bits per heavy atom. The number of ether oxygens (including phenoxy) is 2. The van der Waals surface area contributed by atoms with Gasteiger partial charge in [-0.3, -0.25) is 0 Å². The summed E-state index contributed by atoms with van der Waals surface area (Å²) in [7, 11) is 0.